The van der Waals surface area contributed by atoms with Crippen molar-refractivity contribution in [3.63, 3.8) is 0 Å². The van der Waals surface area contributed by atoms with Crippen LogP contribution in [0.1, 0.15) is 35.3 Å². The lowest BCUT2D eigenvalue weighted by molar-refractivity contribution is -0.137. The lowest BCUT2D eigenvalue weighted by Crippen LogP contribution is -2.67. The summed E-state index contributed by atoms with van der Waals surface area (Å²) in [6.07, 6.45) is -4.43. The number of alkyl halides is 3. The number of carbonyl (C=O) groups excluding carboxylic acids is 2. The van der Waals surface area contributed by atoms with Gasteiger partial charge in [-0.3, -0.25) is 4.79 Å². The smallest absolute Gasteiger partial charge is 0.416 e. The Morgan fingerprint density at radius 2 is 1.72 bits per heavy atom. The van der Waals surface area contributed by atoms with E-state index in [0.717, 1.165) is 17.5 Å². The molecule has 0 aromatic heterocycles. The molecule has 2 atom stereocenters. The van der Waals surface area contributed by atoms with E-state index in [1.165, 1.54) is 17.1 Å². The zero-order valence-electron chi connectivity index (χ0n) is 24.0. The molecule has 0 aliphatic carbocycles. The van der Waals surface area contributed by atoms with Gasteiger partial charge in [0.2, 0.25) is 0 Å². The zero-order valence-corrected chi connectivity index (χ0v) is 24.0. The van der Waals surface area contributed by atoms with Gasteiger partial charge in [-0.05, 0) is 92.6 Å². The van der Waals surface area contributed by atoms with Gasteiger partial charge in [-0.1, -0.05) is 0 Å². The van der Waals surface area contributed by atoms with Crippen LogP contribution in [0.2, 0.25) is 0 Å². The molecule has 0 N–H and O–H groups in total. The van der Waals surface area contributed by atoms with E-state index in [1.807, 2.05) is 24.3 Å². The summed E-state index contributed by atoms with van der Waals surface area (Å²) in [5.74, 6) is -0.0632. The summed E-state index contributed by atoms with van der Waals surface area (Å²) < 4.78 is 51.7. The van der Waals surface area contributed by atoms with Crippen LogP contribution in [0.4, 0.5) is 30.2 Å². The molecular weight excluding hydrogens is 561 g/mol. The van der Waals surface area contributed by atoms with Crippen LogP contribution in [0.25, 0.3) is 0 Å². The maximum Gasteiger partial charge on any atom is 0.416 e. The fourth-order valence-electron chi connectivity index (χ4n) is 6.47. The first-order valence-electron chi connectivity index (χ1n) is 14.1. The molecule has 1 amide bonds. The van der Waals surface area contributed by atoms with Gasteiger partial charge in [0, 0.05) is 31.0 Å². The van der Waals surface area contributed by atoms with Gasteiger partial charge in [-0.15, -0.1) is 0 Å². The fourth-order valence-corrected chi connectivity index (χ4v) is 6.47. The van der Waals surface area contributed by atoms with E-state index in [1.54, 1.807) is 45.2 Å². The Bertz CT molecular complexity index is 1590. The molecule has 1 spiro atoms. The number of esters is 1. The second-order valence-electron chi connectivity index (χ2n) is 10.9. The van der Waals surface area contributed by atoms with E-state index < -0.39 is 29.2 Å². The van der Waals surface area contributed by atoms with E-state index in [9.17, 15) is 22.8 Å². The van der Waals surface area contributed by atoms with Crippen molar-refractivity contribution in [3.05, 3.63) is 83.4 Å². The van der Waals surface area contributed by atoms with Crippen LogP contribution in [-0.2, 0) is 22.1 Å². The molecular formula is C32H31F3N4O4. The summed E-state index contributed by atoms with van der Waals surface area (Å²) in [7, 11) is 1.60. The third kappa shape index (κ3) is 4.76. The number of methoxy groups -OCH3 is 1. The standard InChI is InChI=1S/C32H31F3N4O4/c1-4-43-29(40)21-5-8-25(9-6-21)39-30(41)31(20(2)36-39)18-22-17-23(32(33,34)35)7-14-27(22)38-16-15-37(19-28(31)38)24-10-12-26(42-3)13-11-24/h5-14,17,28H,4,15-16,18-19H2,1-3H3/t28-,31-/m1/s1. The molecule has 6 rings (SSSR count). The molecule has 43 heavy (non-hydrogen) atoms. The van der Waals surface area contributed by atoms with Crippen LogP contribution in [0.5, 0.6) is 5.75 Å². The van der Waals surface area contributed by atoms with Gasteiger partial charge < -0.3 is 19.3 Å². The van der Waals surface area contributed by atoms with E-state index in [4.69, 9.17) is 9.47 Å². The van der Waals surface area contributed by atoms with Crippen molar-refractivity contribution in [1.82, 2.24) is 0 Å². The van der Waals surface area contributed by atoms with Crippen LogP contribution >= 0.6 is 0 Å². The number of amides is 1. The molecule has 3 heterocycles. The number of rotatable bonds is 5. The number of benzene rings is 3. The van der Waals surface area contributed by atoms with Crippen LogP contribution in [0, 0.1) is 5.41 Å². The molecule has 3 aliphatic rings. The lowest BCUT2D eigenvalue weighted by atomic mass is 9.67. The van der Waals surface area contributed by atoms with Crippen LogP contribution in [0.15, 0.2) is 71.8 Å². The Labute approximate surface area is 247 Å². The van der Waals surface area contributed by atoms with Crippen molar-refractivity contribution < 1.29 is 32.2 Å². The quantitative estimate of drug-likeness (QED) is 0.362. The Morgan fingerprint density at radius 3 is 2.37 bits per heavy atom. The first-order valence-corrected chi connectivity index (χ1v) is 14.1. The zero-order chi connectivity index (χ0) is 30.5. The predicted molar refractivity (Wildman–Crippen MR) is 157 cm³/mol. The minimum absolute atomic E-state index is 0.0788. The summed E-state index contributed by atoms with van der Waals surface area (Å²) in [6, 6.07) is 17.5. The highest BCUT2D eigenvalue weighted by atomic mass is 19.4. The third-order valence-corrected chi connectivity index (χ3v) is 8.66. The highest BCUT2D eigenvalue weighted by Crippen LogP contribution is 2.49. The summed E-state index contributed by atoms with van der Waals surface area (Å²) in [4.78, 5) is 30.9. The number of nitrogens with zero attached hydrogens (tertiary/aromatic N) is 4. The molecule has 1 fully saturated rings. The number of hydrazone groups is 1. The monoisotopic (exact) mass is 592 g/mol. The van der Waals surface area contributed by atoms with Gasteiger partial charge in [0.15, 0.2) is 0 Å². The van der Waals surface area contributed by atoms with Gasteiger partial charge in [0.05, 0.1) is 42.3 Å². The van der Waals surface area contributed by atoms with E-state index >= 15 is 0 Å². The number of anilines is 3. The maximum atomic E-state index is 14.5. The number of fused-ring (bicyclic) bond motifs is 4. The Balaban J connectivity index is 1.40. The van der Waals surface area contributed by atoms with Crippen molar-refractivity contribution in [2.75, 3.05) is 48.2 Å². The second kappa shape index (κ2) is 10.6. The van der Waals surface area contributed by atoms with Crippen molar-refractivity contribution in [2.45, 2.75) is 32.5 Å². The summed E-state index contributed by atoms with van der Waals surface area (Å²) >= 11 is 0. The first-order chi connectivity index (χ1) is 20.6. The van der Waals surface area contributed by atoms with Crippen molar-refractivity contribution in [1.29, 1.82) is 0 Å². The maximum absolute atomic E-state index is 14.5. The van der Waals surface area contributed by atoms with Crippen molar-refractivity contribution in [3.8, 4) is 5.75 Å². The molecule has 3 aromatic carbocycles. The minimum atomic E-state index is -4.51. The molecule has 0 unspecified atom stereocenters. The summed E-state index contributed by atoms with van der Waals surface area (Å²) in [5.41, 5.74) is 1.50. The number of hydrogen-bond donors (Lipinski definition) is 0. The Kier molecular flexibility index (Phi) is 7.06. The summed E-state index contributed by atoms with van der Waals surface area (Å²) in [6.45, 7) is 5.31. The van der Waals surface area contributed by atoms with Crippen LogP contribution < -0.4 is 19.5 Å². The second-order valence-corrected chi connectivity index (χ2v) is 10.9. The highest BCUT2D eigenvalue weighted by molar-refractivity contribution is 6.20. The molecule has 8 nitrogen and oxygen atoms in total. The van der Waals surface area contributed by atoms with Gasteiger partial charge in [0.1, 0.15) is 11.2 Å². The number of halogens is 3. The van der Waals surface area contributed by atoms with E-state index in [2.05, 4.69) is 14.9 Å². The summed E-state index contributed by atoms with van der Waals surface area (Å²) in [5, 5.41) is 6.00. The van der Waals surface area contributed by atoms with Crippen LogP contribution in [-0.4, -0.2) is 57.0 Å². The van der Waals surface area contributed by atoms with Crippen LogP contribution in [0.3, 0.4) is 0 Å². The molecule has 3 aliphatic heterocycles. The van der Waals surface area contributed by atoms with E-state index in [0.29, 0.717) is 47.8 Å². The molecule has 0 bridgehead atoms. The number of hydrogen-bond acceptors (Lipinski definition) is 7. The molecule has 3 aromatic rings. The van der Waals surface area contributed by atoms with Crippen molar-refractivity contribution >= 4 is 34.7 Å². The van der Waals surface area contributed by atoms with Gasteiger partial charge in [-0.25, -0.2) is 4.79 Å². The largest absolute Gasteiger partial charge is 0.497 e. The lowest BCUT2D eigenvalue weighted by Gasteiger charge is -2.53. The number of piperazine rings is 1. The molecule has 0 saturated carbocycles. The van der Waals surface area contributed by atoms with Gasteiger partial charge in [0.25, 0.3) is 5.91 Å². The fraction of sp³-hybridized carbons (Fsp3) is 0.344. The average Bonchev–Trinajstić information content (AvgIpc) is 3.26. The number of ether oxygens (including phenoxy) is 2. The molecule has 0 radical (unpaired) electrons. The highest BCUT2D eigenvalue weighted by Gasteiger charge is 2.60. The van der Waals surface area contributed by atoms with E-state index in [-0.39, 0.29) is 18.9 Å². The topological polar surface area (TPSA) is 74.7 Å². The molecule has 11 heteroatoms. The minimum Gasteiger partial charge on any atom is -0.497 e. The van der Waals surface area contributed by atoms with Gasteiger partial charge in [-0.2, -0.15) is 23.3 Å². The van der Waals surface area contributed by atoms with Gasteiger partial charge >= 0.3 is 12.1 Å². The predicted octanol–water partition coefficient (Wildman–Crippen LogP) is 5.55. The SMILES string of the molecule is CCOC(=O)c1ccc(N2N=C(C)[C@@]3(Cc4cc(C(F)(F)F)ccc4N4CCN(c5ccc(OC)cc5)C[C@@H]43)C2=O)cc1. The Morgan fingerprint density at radius 1 is 1.02 bits per heavy atom. The molecule has 224 valence electrons. The third-order valence-electron chi connectivity index (χ3n) is 8.66. The Hall–Kier alpha value is -4.54. The average molecular weight is 593 g/mol. The first kappa shape index (κ1) is 28.6. The molecule has 1 saturated heterocycles. The normalized spacial score (nSPS) is 21.4. The van der Waals surface area contributed by atoms with Crippen molar-refractivity contribution in [2.24, 2.45) is 10.5 Å². The number of carbonyl (C=O) groups is 2.